The minimum absolute atomic E-state index is 0.175. The summed E-state index contributed by atoms with van der Waals surface area (Å²) in [6, 6.07) is 8.22. The fourth-order valence-corrected chi connectivity index (χ4v) is 4.69. The molecule has 0 aliphatic carbocycles. The molecule has 1 aromatic heterocycles. The van der Waals surface area contributed by atoms with Crippen LogP contribution in [0.5, 0.6) is 0 Å². The summed E-state index contributed by atoms with van der Waals surface area (Å²) in [5.74, 6) is 1.36. The lowest BCUT2D eigenvalue weighted by molar-refractivity contribution is -0.117. The van der Waals surface area contributed by atoms with Crippen LogP contribution in [-0.4, -0.2) is 44.9 Å². The number of ether oxygens (including phenoxy) is 1. The minimum Gasteiger partial charge on any atom is -0.466 e. The number of nitrogens with zero attached hydrogens (tertiary/aromatic N) is 1. The van der Waals surface area contributed by atoms with Crippen molar-refractivity contribution in [3.05, 3.63) is 59.1 Å². The molecule has 8 heteroatoms. The molecule has 0 bridgehead atoms. The Labute approximate surface area is 171 Å². The zero-order valence-corrected chi connectivity index (χ0v) is 17.7. The first-order chi connectivity index (χ1) is 13.8. The van der Waals surface area contributed by atoms with Crippen LogP contribution in [0.1, 0.15) is 35.6 Å². The molecule has 1 aliphatic heterocycles. The molecule has 7 nitrogen and oxygen atoms in total. The summed E-state index contributed by atoms with van der Waals surface area (Å²) in [6.45, 7) is 7.17. The fourth-order valence-electron chi connectivity index (χ4n) is 3.28. The third-order valence-electron chi connectivity index (χ3n) is 4.82. The lowest BCUT2D eigenvalue weighted by atomic mass is 10.1. The van der Waals surface area contributed by atoms with Crippen LogP contribution in [0.3, 0.4) is 0 Å². The second-order valence-electron chi connectivity index (χ2n) is 7.02. The highest BCUT2D eigenvalue weighted by Gasteiger charge is 2.26. The number of amides is 1. The van der Waals surface area contributed by atoms with Gasteiger partial charge in [-0.3, -0.25) is 4.79 Å². The fraction of sp³-hybridized carbons (Fsp3) is 0.381. The molecule has 2 heterocycles. The van der Waals surface area contributed by atoms with Crippen molar-refractivity contribution in [2.75, 3.05) is 26.3 Å². The number of hydrogen-bond donors (Lipinski definition) is 1. The van der Waals surface area contributed by atoms with Gasteiger partial charge in [0.05, 0.1) is 24.2 Å². The van der Waals surface area contributed by atoms with Gasteiger partial charge >= 0.3 is 0 Å². The smallest absolute Gasteiger partial charge is 0.244 e. The summed E-state index contributed by atoms with van der Waals surface area (Å²) in [7, 11) is -3.52. The highest BCUT2D eigenvalue weighted by Crippen LogP contribution is 2.21. The van der Waals surface area contributed by atoms with E-state index in [4.69, 9.17) is 9.15 Å². The Hall–Kier alpha value is -2.42. The summed E-state index contributed by atoms with van der Waals surface area (Å²) in [5.41, 5.74) is 1.69. The van der Waals surface area contributed by atoms with E-state index in [0.717, 1.165) is 22.6 Å². The van der Waals surface area contributed by atoms with Crippen LogP contribution in [0.4, 0.5) is 0 Å². The highest BCUT2D eigenvalue weighted by atomic mass is 32.2. The molecule has 1 fully saturated rings. The number of furan rings is 1. The first kappa shape index (κ1) is 21.3. The summed E-state index contributed by atoms with van der Waals surface area (Å²) in [4.78, 5) is 12.4. The summed E-state index contributed by atoms with van der Waals surface area (Å²) in [5, 5.41) is 2.90. The predicted octanol–water partition coefficient (Wildman–Crippen LogP) is 2.81. The van der Waals surface area contributed by atoms with Gasteiger partial charge in [0.1, 0.15) is 11.5 Å². The van der Waals surface area contributed by atoms with E-state index in [1.807, 2.05) is 26.8 Å². The Morgan fingerprint density at radius 1 is 1.17 bits per heavy atom. The van der Waals surface area contributed by atoms with Crippen molar-refractivity contribution >= 4 is 22.0 Å². The van der Waals surface area contributed by atoms with Crippen LogP contribution < -0.4 is 5.32 Å². The van der Waals surface area contributed by atoms with E-state index < -0.39 is 10.0 Å². The average Bonchev–Trinajstić information content (AvgIpc) is 3.05. The second-order valence-corrected chi connectivity index (χ2v) is 8.96. The number of carbonyl (C=O) groups excluding carboxylic acids is 1. The molecule has 1 aromatic carbocycles. The maximum atomic E-state index is 12.6. The molecule has 3 rings (SSSR count). The standard InChI is InChI=1S/C21H26N2O5S/c1-15-14-20(17(3)28-15)16(2)22-21(24)9-6-18-4-7-19(8-5-18)29(25,26)23-10-12-27-13-11-23/h4-9,14,16H,10-13H2,1-3H3,(H,22,24)/b9-6+. The van der Waals surface area contributed by atoms with E-state index in [9.17, 15) is 13.2 Å². The van der Waals surface area contributed by atoms with Crippen molar-refractivity contribution < 1.29 is 22.4 Å². The largest absolute Gasteiger partial charge is 0.466 e. The lowest BCUT2D eigenvalue weighted by Crippen LogP contribution is -2.40. The average molecular weight is 419 g/mol. The van der Waals surface area contributed by atoms with Crippen molar-refractivity contribution in [1.82, 2.24) is 9.62 Å². The molecule has 29 heavy (non-hydrogen) atoms. The number of carbonyl (C=O) groups is 1. The second kappa shape index (κ2) is 8.94. The molecule has 0 spiro atoms. The Morgan fingerprint density at radius 3 is 2.41 bits per heavy atom. The number of sulfonamides is 1. The van der Waals surface area contributed by atoms with E-state index in [1.165, 1.54) is 10.4 Å². The number of benzene rings is 1. The van der Waals surface area contributed by atoms with Gasteiger partial charge < -0.3 is 14.5 Å². The van der Waals surface area contributed by atoms with Crippen LogP contribution >= 0.6 is 0 Å². The quantitative estimate of drug-likeness (QED) is 0.729. The molecule has 0 saturated carbocycles. The molecule has 1 unspecified atom stereocenters. The number of hydrogen-bond acceptors (Lipinski definition) is 5. The topological polar surface area (TPSA) is 88.9 Å². The van der Waals surface area contributed by atoms with Crippen molar-refractivity contribution in [2.45, 2.75) is 31.7 Å². The predicted molar refractivity (Wildman–Crippen MR) is 110 cm³/mol. The zero-order chi connectivity index (χ0) is 21.0. The normalized spacial score (nSPS) is 16.8. The molecule has 1 amide bonds. The van der Waals surface area contributed by atoms with Gasteiger partial charge in [-0.05, 0) is 50.6 Å². The van der Waals surface area contributed by atoms with Gasteiger partial charge in [0.25, 0.3) is 0 Å². The first-order valence-corrected chi connectivity index (χ1v) is 10.9. The van der Waals surface area contributed by atoms with Gasteiger partial charge in [-0.15, -0.1) is 0 Å². The lowest BCUT2D eigenvalue weighted by Gasteiger charge is -2.26. The van der Waals surface area contributed by atoms with Crippen molar-refractivity contribution in [3.63, 3.8) is 0 Å². The molecule has 1 atom stereocenters. The van der Waals surface area contributed by atoms with Crippen molar-refractivity contribution in [2.24, 2.45) is 0 Å². The Bertz CT molecular complexity index is 987. The maximum absolute atomic E-state index is 12.6. The molecule has 1 N–H and O–H groups in total. The van der Waals surface area contributed by atoms with Gasteiger partial charge in [-0.2, -0.15) is 4.31 Å². The minimum atomic E-state index is -3.52. The van der Waals surface area contributed by atoms with Crippen LogP contribution in [0.15, 0.2) is 45.7 Å². The Balaban J connectivity index is 1.62. The molecule has 1 aliphatic rings. The van der Waals surface area contributed by atoms with E-state index in [0.29, 0.717) is 26.3 Å². The van der Waals surface area contributed by atoms with Crippen LogP contribution in [0.2, 0.25) is 0 Å². The van der Waals surface area contributed by atoms with E-state index >= 15 is 0 Å². The summed E-state index contributed by atoms with van der Waals surface area (Å²) >= 11 is 0. The van der Waals surface area contributed by atoms with E-state index in [2.05, 4.69) is 5.32 Å². The number of nitrogens with one attached hydrogen (secondary N) is 1. The van der Waals surface area contributed by atoms with Crippen LogP contribution in [-0.2, 0) is 19.6 Å². The van der Waals surface area contributed by atoms with Crippen molar-refractivity contribution in [1.29, 1.82) is 0 Å². The van der Waals surface area contributed by atoms with Crippen LogP contribution in [0, 0.1) is 13.8 Å². The number of aryl methyl sites for hydroxylation is 2. The molecule has 2 aromatic rings. The highest BCUT2D eigenvalue weighted by molar-refractivity contribution is 7.89. The molecule has 1 saturated heterocycles. The molecular formula is C21H26N2O5S. The van der Waals surface area contributed by atoms with Gasteiger partial charge in [0, 0.05) is 24.7 Å². The van der Waals surface area contributed by atoms with Gasteiger partial charge in [-0.25, -0.2) is 8.42 Å². The van der Waals surface area contributed by atoms with Gasteiger partial charge in [0.2, 0.25) is 15.9 Å². The summed E-state index contributed by atoms with van der Waals surface area (Å²) in [6.07, 6.45) is 3.09. The SMILES string of the molecule is Cc1cc(C(C)NC(=O)/C=C/c2ccc(S(=O)(=O)N3CCOCC3)cc2)c(C)o1. The van der Waals surface area contributed by atoms with Crippen LogP contribution in [0.25, 0.3) is 6.08 Å². The van der Waals surface area contributed by atoms with Crippen molar-refractivity contribution in [3.8, 4) is 0 Å². The number of morpholine rings is 1. The van der Waals surface area contributed by atoms with Gasteiger partial charge in [-0.1, -0.05) is 12.1 Å². The first-order valence-electron chi connectivity index (χ1n) is 9.51. The Kier molecular flexibility index (Phi) is 6.56. The van der Waals surface area contributed by atoms with Gasteiger partial charge in [0.15, 0.2) is 0 Å². The summed E-state index contributed by atoms with van der Waals surface area (Å²) < 4.78 is 37.4. The Morgan fingerprint density at radius 2 is 1.83 bits per heavy atom. The number of rotatable bonds is 6. The van der Waals surface area contributed by atoms with E-state index in [-0.39, 0.29) is 16.8 Å². The third-order valence-corrected chi connectivity index (χ3v) is 6.73. The molecule has 156 valence electrons. The molecule has 0 radical (unpaired) electrons. The molecular weight excluding hydrogens is 392 g/mol. The maximum Gasteiger partial charge on any atom is 0.244 e. The zero-order valence-electron chi connectivity index (χ0n) is 16.8. The third kappa shape index (κ3) is 5.14. The van der Waals surface area contributed by atoms with E-state index in [1.54, 1.807) is 30.3 Å². The monoisotopic (exact) mass is 418 g/mol.